The largest absolute Gasteiger partial charge is 0.480 e. The summed E-state index contributed by atoms with van der Waals surface area (Å²) in [6, 6.07) is -1.38. The number of carboxylic acids is 1. The van der Waals surface area contributed by atoms with Crippen molar-refractivity contribution in [2.24, 2.45) is 5.73 Å². The van der Waals surface area contributed by atoms with E-state index >= 15 is 0 Å². The Morgan fingerprint density at radius 3 is 2.12 bits per heavy atom. The van der Waals surface area contributed by atoms with E-state index in [1.807, 2.05) is 0 Å². The Hall–Kier alpha value is -1.31. The molecule has 16 heavy (non-hydrogen) atoms. The maximum atomic E-state index is 12.3. The summed E-state index contributed by atoms with van der Waals surface area (Å²) in [6.45, 7) is 1.90. The number of aliphatic carboxylic acids is 1. The van der Waals surface area contributed by atoms with E-state index in [4.69, 9.17) is 10.8 Å². The summed E-state index contributed by atoms with van der Waals surface area (Å²) in [5.74, 6) is -2.97. The van der Waals surface area contributed by atoms with Crippen molar-refractivity contribution in [1.82, 2.24) is 5.32 Å². The number of carbonyl (C=O) groups is 2. The van der Waals surface area contributed by atoms with E-state index in [-0.39, 0.29) is 6.42 Å². The van der Waals surface area contributed by atoms with E-state index in [9.17, 15) is 22.8 Å². The van der Waals surface area contributed by atoms with Crippen LogP contribution in [-0.2, 0) is 9.59 Å². The van der Waals surface area contributed by atoms with E-state index < -0.39 is 29.6 Å². The number of amides is 1. The Morgan fingerprint density at radius 1 is 1.44 bits per heavy atom. The number of alkyl halides is 3. The lowest BCUT2D eigenvalue weighted by atomic mass is 10.0. The molecule has 0 bridgehead atoms. The molecule has 0 aliphatic heterocycles. The monoisotopic (exact) mass is 242 g/mol. The van der Waals surface area contributed by atoms with Gasteiger partial charge >= 0.3 is 12.1 Å². The van der Waals surface area contributed by atoms with Crippen LogP contribution in [0.2, 0.25) is 0 Å². The lowest BCUT2D eigenvalue weighted by Crippen LogP contribution is -2.63. The van der Waals surface area contributed by atoms with Crippen molar-refractivity contribution in [2.45, 2.75) is 38.0 Å². The lowest BCUT2D eigenvalue weighted by molar-refractivity contribution is -0.188. The van der Waals surface area contributed by atoms with E-state index in [1.165, 1.54) is 6.92 Å². The molecule has 8 heteroatoms. The summed E-state index contributed by atoms with van der Waals surface area (Å²) >= 11 is 0. The molecule has 94 valence electrons. The van der Waals surface area contributed by atoms with Crippen molar-refractivity contribution in [3.8, 4) is 0 Å². The van der Waals surface area contributed by atoms with Gasteiger partial charge in [-0.2, -0.15) is 13.2 Å². The molecule has 0 aromatic carbocycles. The molecule has 0 rings (SSSR count). The predicted octanol–water partition coefficient (Wildman–Crippen LogP) is 0.245. The number of hydrogen-bond acceptors (Lipinski definition) is 3. The van der Waals surface area contributed by atoms with Gasteiger partial charge in [-0.05, 0) is 13.3 Å². The van der Waals surface area contributed by atoms with Crippen molar-refractivity contribution in [3.63, 3.8) is 0 Å². The molecule has 0 aliphatic rings. The fraction of sp³-hybridized carbons (Fsp3) is 0.750. The van der Waals surface area contributed by atoms with Gasteiger partial charge in [0, 0.05) is 0 Å². The number of hydrogen-bond donors (Lipinski definition) is 3. The van der Waals surface area contributed by atoms with Gasteiger partial charge in [0.15, 0.2) is 5.54 Å². The average Bonchev–Trinajstić information content (AvgIpc) is 2.11. The summed E-state index contributed by atoms with van der Waals surface area (Å²) in [6.07, 6.45) is -4.97. The number of rotatable bonds is 4. The second-order valence-electron chi connectivity index (χ2n) is 3.47. The van der Waals surface area contributed by atoms with Gasteiger partial charge in [-0.3, -0.25) is 4.79 Å². The molecule has 4 N–H and O–H groups in total. The van der Waals surface area contributed by atoms with Gasteiger partial charge in [-0.1, -0.05) is 6.92 Å². The highest BCUT2D eigenvalue weighted by Crippen LogP contribution is 2.28. The minimum Gasteiger partial charge on any atom is -0.480 e. The first-order chi connectivity index (χ1) is 7.04. The highest BCUT2D eigenvalue weighted by molar-refractivity contribution is 5.90. The zero-order valence-corrected chi connectivity index (χ0v) is 8.76. The average molecular weight is 242 g/mol. The third kappa shape index (κ3) is 3.09. The van der Waals surface area contributed by atoms with Crippen LogP contribution in [0.15, 0.2) is 0 Å². The van der Waals surface area contributed by atoms with Crippen molar-refractivity contribution >= 4 is 11.9 Å². The third-order valence-electron chi connectivity index (χ3n) is 2.07. The van der Waals surface area contributed by atoms with Gasteiger partial charge < -0.3 is 16.2 Å². The maximum absolute atomic E-state index is 12.3. The minimum atomic E-state index is -4.94. The number of halogens is 3. The van der Waals surface area contributed by atoms with E-state index in [0.29, 0.717) is 6.92 Å². The van der Waals surface area contributed by atoms with Gasteiger partial charge in [0.1, 0.15) is 6.04 Å². The fourth-order valence-corrected chi connectivity index (χ4v) is 0.775. The molecule has 5 nitrogen and oxygen atoms in total. The molecule has 1 amide bonds. The van der Waals surface area contributed by atoms with Crippen molar-refractivity contribution in [1.29, 1.82) is 0 Å². The standard InChI is InChI=1S/C8H13F3N2O3/c1-3-4(5(14)15)13-6(16)7(2,12)8(9,10)11/h4H,3,12H2,1-2H3,(H,13,16)(H,14,15)/t4-,7?/m1/s1. The Morgan fingerprint density at radius 2 is 1.88 bits per heavy atom. The van der Waals surface area contributed by atoms with Crippen LogP contribution >= 0.6 is 0 Å². The first-order valence-corrected chi connectivity index (χ1v) is 4.43. The van der Waals surface area contributed by atoms with Gasteiger partial charge in [0.2, 0.25) is 5.91 Å². The minimum absolute atomic E-state index is 0.0327. The second-order valence-corrected chi connectivity index (χ2v) is 3.47. The Balaban J connectivity index is 4.76. The molecule has 0 saturated heterocycles. The summed E-state index contributed by atoms with van der Waals surface area (Å²) in [4.78, 5) is 21.7. The van der Waals surface area contributed by atoms with Gasteiger partial charge in [-0.15, -0.1) is 0 Å². The highest BCUT2D eigenvalue weighted by atomic mass is 19.4. The lowest BCUT2D eigenvalue weighted by Gasteiger charge is -2.27. The third-order valence-corrected chi connectivity index (χ3v) is 2.07. The molecular formula is C8H13F3N2O3. The van der Waals surface area contributed by atoms with Crippen LogP contribution in [-0.4, -0.2) is 34.7 Å². The van der Waals surface area contributed by atoms with Gasteiger partial charge in [0.05, 0.1) is 0 Å². The summed E-state index contributed by atoms with van der Waals surface area (Å²) in [7, 11) is 0. The summed E-state index contributed by atoms with van der Waals surface area (Å²) < 4.78 is 36.9. The molecule has 0 aliphatic carbocycles. The fourth-order valence-electron chi connectivity index (χ4n) is 0.775. The molecule has 0 heterocycles. The van der Waals surface area contributed by atoms with Crippen LogP contribution in [0.3, 0.4) is 0 Å². The SMILES string of the molecule is CC[C@@H](NC(=O)C(C)(N)C(F)(F)F)C(=O)O. The quantitative estimate of drug-likeness (QED) is 0.658. The van der Waals surface area contributed by atoms with Crippen LogP contribution in [0.25, 0.3) is 0 Å². The van der Waals surface area contributed by atoms with Crippen LogP contribution in [0.4, 0.5) is 13.2 Å². The molecule has 0 aromatic rings. The summed E-state index contributed by atoms with van der Waals surface area (Å²) in [5, 5.41) is 10.3. The molecule has 1 unspecified atom stereocenters. The first kappa shape index (κ1) is 14.7. The molecule has 0 fully saturated rings. The van der Waals surface area contributed by atoms with Gasteiger partial charge in [-0.25, -0.2) is 4.79 Å². The molecule has 0 spiro atoms. The van der Waals surface area contributed by atoms with Crippen LogP contribution in [0, 0.1) is 0 Å². The zero-order valence-electron chi connectivity index (χ0n) is 8.76. The normalized spacial score (nSPS) is 17.4. The Bertz CT molecular complexity index is 289. The van der Waals surface area contributed by atoms with Gasteiger partial charge in [0.25, 0.3) is 0 Å². The maximum Gasteiger partial charge on any atom is 0.415 e. The van der Waals surface area contributed by atoms with E-state index in [0.717, 1.165) is 0 Å². The first-order valence-electron chi connectivity index (χ1n) is 4.43. The molecule has 0 saturated carbocycles. The number of carbonyl (C=O) groups excluding carboxylic acids is 1. The smallest absolute Gasteiger partial charge is 0.415 e. The number of nitrogens with two attached hydrogens (primary N) is 1. The van der Waals surface area contributed by atoms with Crippen LogP contribution in [0.5, 0.6) is 0 Å². The Labute approximate surface area is 89.8 Å². The predicted molar refractivity (Wildman–Crippen MR) is 48.5 cm³/mol. The second kappa shape index (κ2) is 4.69. The molecular weight excluding hydrogens is 229 g/mol. The highest BCUT2D eigenvalue weighted by Gasteiger charge is 2.54. The summed E-state index contributed by atoms with van der Waals surface area (Å²) in [5.41, 5.74) is 1.71. The van der Waals surface area contributed by atoms with E-state index in [2.05, 4.69) is 0 Å². The van der Waals surface area contributed by atoms with Crippen molar-refractivity contribution in [3.05, 3.63) is 0 Å². The topological polar surface area (TPSA) is 92.4 Å². The Kier molecular flexibility index (Phi) is 4.30. The number of carboxylic acid groups (broad SMARTS) is 1. The van der Waals surface area contributed by atoms with Crippen molar-refractivity contribution < 1.29 is 27.9 Å². The zero-order chi connectivity index (χ0) is 13.1. The number of nitrogens with one attached hydrogen (secondary N) is 1. The molecule has 2 atom stereocenters. The van der Waals surface area contributed by atoms with Crippen LogP contribution in [0.1, 0.15) is 20.3 Å². The van der Waals surface area contributed by atoms with Crippen LogP contribution < -0.4 is 11.1 Å². The molecule has 0 aromatic heterocycles. The van der Waals surface area contributed by atoms with E-state index in [1.54, 1.807) is 5.32 Å². The molecule has 0 radical (unpaired) electrons. The van der Waals surface area contributed by atoms with Crippen molar-refractivity contribution in [2.75, 3.05) is 0 Å².